The van der Waals surface area contributed by atoms with Crippen molar-refractivity contribution in [3.8, 4) is 0 Å². The van der Waals surface area contributed by atoms with Crippen molar-refractivity contribution >= 4 is 34.8 Å². The highest BCUT2D eigenvalue weighted by atomic mass is 32.1. The monoisotopic (exact) mass is 289 g/mol. The van der Waals surface area contributed by atoms with Crippen LogP contribution < -0.4 is 4.90 Å². The molecule has 0 N–H and O–H groups in total. The second-order valence-electron chi connectivity index (χ2n) is 3.86. The molecule has 2 amide bonds. The Hall–Kier alpha value is -2.61. The number of imide groups is 1. The summed E-state index contributed by atoms with van der Waals surface area (Å²) in [5.74, 6) is -1.80. The van der Waals surface area contributed by atoms with Gasteiger partial charge in [0.25, 0.3) is 11.8 Å². The number of hydrogen-bond acceptors (Lipinski definition) is 7. The molecule has 0 unspecified atom stereocenters. The van der Waals surface area contributed by atoms with Crippen LogP contribution in [0.15, 0.2) is 23.2 Å². The average Bonchev–Trinajstić information content (AvgIpc) is 3.03. The lowest BCUT2D eigenvalue weighted by molar-refractivity contribution is 0.0602. The van der Waals surface area contributed by atoms with Crippen molar-refractivity contribution in [1.29, 1.82) is 0 Å². The predicted molar refractivity (Wildman–Crippen MR) is 68.8 cm³/mol. The van der Waals surface area contributed by atoms with E-state index in [2.05, 4.69) is 14.7 Å². The first kappa shape index (κ1) is 12.4. The number of aromatic nitrogens is 2. The molecule has 0 saturated heterocycles. The molecule has 100 valence electrons. The van der Waals surface area contributed by atoms with E-state index in [1.165, 1.54) is 41.6 Å². The summed E-state index contributed by atoms with van der Waals surface area (Å²) < 4.78 is 4.63. The summed E-state index contributed by atoms with van der Waals surface area (Å²) in [5, 5.41) is 3.06. The fourth-order valence-electron chi connectivity index (χ4n) is 1.90. The second-order valence-corrected chi connectivity index (χ2v) is 4.61. The van der Waals surface area contributed by atoms with E-state index in [4.69, 9.17) is 0 Å². The maximum Gasteiger partial charge on any atom is 0.340 e. The number of esters is 1. The van der Waals surface area contributed by atoms with Crippen LogP contribution in [-0.2, 0) is 4.74 Å². The van der Waals surface area contributed by atoms with E-state index in [0.29, 0.717) is 0 Å². The summed E-state index contributed by atoms with van der Waals surface area (Å²) in [6.07, 6.45) is 2.67. The van der Waals surface area contributed by atoms with Crippen LogP contribution in [0.3, 0.4) is 0 Å². The Bertz CT molecular complexity index is 705. The average molecular weight is 289 g/mol. The van der Waals surface area contributed by atoms with E-state index in [1.807, 2.05) is 0 Å². The highest BCUT2D eigenvalue weighted by molar-refractivity contribution is 7.08. The second kappa shape index (κ2) is 4.49. The van der Waals surface area contributed by atoms with Gasteiger partial charge >= 0.3 is 5.97 Å². The molecule has 0 spiro atoms. The van der Waals surface area contributed by atoms with Crippen LogP contribution in [-0.4, -0.2) is 34.9 Å². The molecule has 0 atom stereocenters. The minimum absolute atomic E-state index is 0.0143. The Labute approximate surface area is 116 Å². The van der Waals surface area contributed by atoms with E-state index in [0.717, 1.165) is 4.90 Å². The van der Waals surface area contributed by atoms with Gasteiger partial charge < -0.3 is 4.74 Å². The molecular weight excluding hydrogens is 282 g/mol. The molecule has 7 nitrogen and oxygen atoms in total. The van der Waals surface area contributed by atoms with Gasteiger partial charge in [-0.1, -0.05) is 0 Å². The van der Waals surface area contributed by atoms with Gasteiger partial charge in [-0.3, -0.25) is 9.59 Å². The number of thiophene rings is 1. The van der Waals surface area contributed by atoms with Crippen molar-refractivity contribution in [2.75, 3.05) is 12.0 Å². The number of hydrogen-bond donors (Lipinski definition) is 0. The highest BCUT2D eigenvalue weighted by Crippen LogP contribution is 2.31. The number of amides is 2. The van der Waals surface area contributed by atoms with Gasteiger partial charge in [-0.15, -0.1) is 11.3 Å². The van der Waals surface area contributed by atoms with Gasteiger partial charge in [0.05, 0.1) is 18.4 Å². The minimum atomic E-state index is -0.612. The van der Waals surface area contributed by atoms with Gasteiger partial charge in [-0.2, -0.15) is 0 Å². The molecule has 8 heteroatoms. The molecule has 0 saturated carbocycles. The number of carbonyl (C=O) groups is 3. The SMILES string of the molecule is COC(=O)c1cscc1N1C(=O)c2nccnc2C1=O. The summed E-state index contributed by atoms with van der Waals surface area (Å²) in [6, 6.07) is 0. The Morgan fingerprint density at radius 3 is 2.30 bits per heavy atom. The van der Waals surface area contributed by atoms with Crippen LogP contribution in [0.25, 0.3) is 0 Å². The smallest absolute Gasteiger partial charge is 0.340 e. The number of nitrogens with zero attached hydrogens (tertiary/aromatic N) is 3. The van der Waals surface area contributed by atoms with Crippen molar-refractivity contribution < 1.29 is 19.1 Å². The molecule has 3 rings (SSSR count). The van der Waals surface area contributed by atoms with Gasteiger partial charge in [-0.25, -0.2) is 19.7 Å². The van der Waals surface area contributed by atoms with Gasteiger partial charge in [0.1, 0.15) is 0 Å². The topological polar surface area (TPSA) is 89.5 Å². The predicted octanol–water partition coefficient (Wildman–Crippen LogP) is 1.13. The first-order chi connectivity index (χ1) is 9.65. The standard InChI is InChI=1S/C12H7N3O4S/c1-19-12(18)6-4-20-5-7(6)15-10(16)8-9(11(15)17)14-3-2-13-8/h2-5H,1H3. The summed E-state index contributed by atoms with van der Waals surface area (Å²) in [7, 11) is 1.23. The van der Waals surface area contributed by atoms with E-state index in [9.17, 15) is 14.4 Å². The number of ether oxygens (including phenoxy) is 1. The fraction of sp³-hybridized carbons (Fsp3) is 0.0833. The van der Waals surface area contributed by atoms with Crippen LogP contribution in [0.4, 0.5) is 5.69 Å². The van der Waals surface area contributed by atoms with Gasteiger partial charge in [0.15, 0.2) is 11.4 Å². The zero-order valence-electron chi connectivity index (χ0n) is 10.2. The van der Waals surface area contributed by atoms with Crippen LogP contribution in [0.5, 0.6) is 0 Å². The minimum Gasteiger partial charge on any atom is -0.465 e. The number of methoxy groups -OCH3 is 1. The van der Waals surface area contributed by atoms with Crippen LogP contribution >= 0.6 is 11.3 Å². The Balaban J connectivity index is 2.10. The zero-order valence-corrected chi connectivity index (χ0v) is 11.0. The van der Waals surface area contributed by atoms with Crippen LogP contribution in [0, 0.1) is 0 Å². The molecule has 0 radical (unpaired) electrons. The number of rotatable bonds is 2. The molecule has 3 heterocycles. The Morgan fingerprint density at radius 1 is 1.15 bits per heavy atom. The quantitative estimate of drug-likeness (QED) is 0.608. The summed E-state index contributed by atoms with van der Waals surface area (Å²) in [5.41, 5.74) is 0.322. The molecule has 1 aliphatic rings. The van der Waals surface area contributed by atoms with E-state index in [-0.39, 0.29) is 22.6 Å². The van der Waals surface area contributed by atoms with Gasteiger partial charge in [0, 0.05) is 23.2 Å². The Morgan fingerprint density at radius 2 is 1.75 bits per heavy atom. The van der Waals surface area contributed by atoms with Crippen molar-refractivity contribution in [1.82, 2.24) is 9.97 Å². The molecule has 0 fully saturated rings. The van der Waals surface area contributed by atoms with Gasteiger partial charge in [0.2, 0.25) is 0 Å². The third kappa shape index (κ3) is 1.62. The zero-order chi connectivity index (χ0) is 14.3. The molecule has 0 bridgehead atoms. The molecule has 2 aromatic heterocycles. The lowest BCUT2D eigenvalue weighted by atomic mass is 10.2. The summed E-state index contributed by atoms with van der Waals surface area (Å²) in [6.45, 7) is 0. The Kier molecular flexibility index (Phi) is 2.79. The molecule has 20 heavy (non-hydrogen) atoms. The normalized spacial score (nSPS) is 13.6. The largest absolute Gasteiger partial charge is 0.465 e. The summed E-state index contributed by atoms with van der Waals surface area (Å²) >= 11 is 1.19. The molecule has 2 aromatic rings. The molecule has 1 aliphatic heterocycles. The number of fused-ring (bicyclic) bond motifs is 1. The maximum absolute atomic E-state index is 12.2. The van der Waals surface area contributed by atoms with Crippen molar-refractivity contribution in [3.63, 3.8) is 0 Å². The molecule has 0 aromatic carbocycles. The van der Waals surface area contributed by atoms with Crippen LogP contribution in [0.2, 0.25) is 0 Å². The fourth-order valence-corrected chi connectivity index (χ4v) is 2.68. The third-order valence-corrected chi connectivity index (χ3v) is 3.53. The van der Waals surface area contributed by atoms with E-state index >= 15 is 0 Å². The number of carbonyl (C=O) groups excluding carboxylic acids is 3. The maximum atomic E-state index is 12.2. The summed E-state index contributed by atoms with van der Waals surface area (Å²) in [4.78, 5) is 44.7. The van der Waals surface area contributed by atoms with Crippen molar-refractivity contribution in [2.45, 2.75) is 0 Å². The molecule has 0 aliphatic carbocycles. The molecular formula is C12H7N3O4S. The van der Waals surface area contributed by atoms with E-state index in [1.54, 1.807) is 0 Å². The number of anilines is 1. The van der Waals surface area contributed by atoms with Gasteiger partial charge in [-0.05, 0) is 0 Å². The first-order valence-electron chi connectivity index (χ1n) is 5.49. The highest BCUT2D eigenvalue weighted by Gasteiger charge is 2.41. The first-order valence-corrected chi connectivity index (χ1v) is 6.43. The van der Waals surface area contributed by atoms with Crippen molar-refractivity contribution in [3.05, 3.63) is 40.1 Å². The van der Waals surface area contributed by atoms with Crippen molar-refractivity contribution in [2.24, 2.45) is 0 Å². The lowest BCUT2D eigenvalue weighted by Crippen LogP contribution is -2.30. The van der Waals surface area contributed by atoms with Crippen LogP contribution in [0.1, 0.15) is 31.3 Å². The lowest BCUT2D eigenvalue weighted by Gasteiger charge is -2.12. The third-order valence-electron chi connectivity index (χ3n) is 2.80. The van der Waals surface area contributed by atoms with E-state index < -0.39 is 17.8 Å².